The van der Waals surface area contributed by atoms with Crippen LogP contribution < -0.4 is 10.1 Å². The van der Waals surface area contributed by atoms with Gasteiger partial charge in [0.1, 0.15) is 0 Å². The lowest BCUT2D eigenvalue weighted by Gasteiger charge is -2.15. The summed E-state index contributed by atoms with van der Waals surface area (Å²) in [6, 6.07) is 8.53. The second-order valence-electron chi connectivity index (χ2n) is 5.02. The predicted octanol–water partition coefficient (Wildman–Crippen LogP) is 4.40. The van der Waals surface area contributed by atoms with E-state index in [-0.39, 0.29) is 21.3 Å². The maximum absolute atomic E-state index is 12.3. The number of hydrogen-bond donors (Lipinski definition) is 1. The molecule has 0 spiro atoms. The molecule has 126 valence electrons. The fraction of sp³-hybridized carbons (Fsp3) is 0.188. The third-order valence-corrected chi connectivity index (χ3v) is 3.95. The normalized spacial score (nSPS) is 11.7. The van der Waals surface area contributed by atoms with Crippen LogP contribution in [0.2, 0.25) is 10.0 Å². The Kier molecular flexibility index (Phi) is 5.64. The molecule has 0 aliphatic rings. The molecule has 0 saturated carbocycles. The number of rotatable bonds is 5. The van der Waals surface area contributed by atoms with Crippen molar-refractivity contribution >= 4 is 34.8 Å². The maximum Gasteiger partial charge on any atom is 0.269 e. The number of nitro benzene ring substituents is 1. The van der Waals surface area contributed by atoms with Crippen LogP contribution in [0.4, 0.5) is 5.69 Å². The molecule has 8 heteroatoms. The lowest BCUT2D eigenvalue weighted by molar-refractivity contribution is -0.384. The molecule has 0 fully saturated rings. The third-order valence-electron chi connectivity index (χ3n) is 3.39. The van der Waals surface area contributed by atoms with E-state index in [9.17, 15) is 14.9 Å². The number of carbonyl (C=O) groups is 1. The second kappa shape index (κ2) is 7.51. The lowest BCUT2D eigenvalue weighted by Crippen LogP contribution is -2.26. The van der Waals surface area contributed by atoms with Crippen molar-refractivity contribution < 1.29 is 14.5 Å². The van der Waals surface area contributed by atoms with Crippen LogP contribution in [0.5, 0.6) is 5.75 Å². The first-order valence-corrected chi connectivity index (χ1v) is 7.67. The summed E-state index contributed by atoms with van der Waals surface area (Å²) < 4.78 is 5.04. The molecule has 6 nitrogen and oxygen atoms in total. The van der Waals surface area contributed by atoms with Gasteiger partial charge in [0.05, 0.1) is 28.1 Å². The van der Waals surface area contributed by atoms with Crippen molar-refractivity contribution in [3.63, 3.8) is 0 Å². The molecule has 1 unspecified atom stereocenters. The van der Waals surface area contributed by atoms with Crippen LogP contribution in [0.1, 0.15) is 28.9 Å². The Morgan fingerprint density at radius 3 is 2.42 bits per heavy atom. The molecule has 0 aliphatic heterocycles. The van der Waals surface area contributed by atoms with Gasteiger partial charge in [0.2, 0.25) is 0 Å². The van der Waals surface area contributed by atoms with E-state index in [2.05, 4.69) is 5.32 Å². The van der Waals surface area contributed by atoms with Gasteiger partial charge in [-0.15, -0.1) is 0 Å². The quantitative estimate of drug-likeness (QED) is 0.626. The van der Waals surface area contributed by atoms with Crippen LogP contribution in [0.15, 0.2) is 36.4 Å². The monoisotopic (exact) mass is 368 g/mol. The van der Waals surface area contributed by atoms with E-state index < -0.39 is 16.9 Å². The highest BCUT2D eigenvalue weighted by molar-refractivity contribution is 6.37. The van der Waals surface area contributed by atoms with Gasteiger partial charge in [-0.3, -0.25) is 14.9 Å². The fourth-order valence-corrected chi connectivity index (χ4v) is 2.80. The number of halogens is 2. The van der Waals surface area contributed by atoms with Gasteiger partial charge in [-0.2, -0.15) is 0 Å². The first-order valence-electron chi connectivity index (χ1n) is 6.91. The summed E-state index contributed by atoms with van der Waals surface area (Å²) in [5, 5.41) is 14.0. The van der Waals surface area contributed by atoms with E-state index in [1.807, 2.05) is 0 Å². The van der Waals surface area contributed by atoms with Crippen molar-refractivity contribution in [2.24, 2.45) is 0 Å². The highest BCUT2D eigenvalue weighted by Gasteiger charge is 2.17. The zero-order valence-corrected chi connectivity index (χ0v) is 14.4. The smallest absolute Gasteiger partial charge is 0.269 e. The van der Waals surface area contributed by atoms with Crippen molar-refractivity contribution in [3.8, 4) is 5.75 Å². The Balaban J connectivity index is 2.20. The van der Waals surface area contributed by atoms with Gasteiger partial charge in [-0.05, 0) is 24.6 Å². The predicted molar refractivity (Wildman–Crippen MR) is 92.0 cm³/mol. The topological polar surface area (TPSA) is 81.5 Å². The molecule has 0 aliphatic carbocycles. The van der Waals surface area contributed by atoms with Crippen LogP contribution in [-0.2, 0) is 0 Å². The number of ether oxygens (including phenoxy) is 1. The second-order valence-corrected chi connectivity index (χ2v) is 5.83. The summed E-state index contributed by atoms with van der Waals surface area (Å²) >= 11 is 12.0. The van der Waals surface area contributed by atoms with Gasteiger partial charge < -0.3 is 10.1 Å². The lowest BCUT2D eigenvalue weighted by atomic mass is 10.1. The number of benzene rings is 2. The molecule has 0 saturated heterocycles. The van der Waals surface area contributed by atoms with Gasteiger partial charge in [0, 0.05) is 17.7 Å². The molecular weight excluding hydrogens is 355 g/mol. The molecule has 1 amide bonds. The van der Waals surface area contributed by atoms with Gasteiger partial charge >= 0.3 is 0 Å². The molecule has 2 aromatic carbocycles. The average Bonchev–Trinajstić information content (AvgIpc) is 2.54. The Bertz CT molecular complexity index is 772. The fourth-order valence-electron chi connectivity index (χ4n) is 2.16. The highest BCUT2D eigenvalue weighted by atomic mass is 35.5. The molecule has 0 aromatic heterocycles. The Morgan fingerprint density at radius 2 is 1.88 bits per heavy atom. The zero-order chi connectivity index (χ0) is 17.9. The standard InChI is InChI=1S/C16H14Cl2N2O4/c1-9(10-4-3-5-12(6-10)20(22)23)19-16(21)11-7-13(17)15(24-2)14(18)8-11/h3-9H,1-2H3,(H,19,21). The number of nitrogens with zero attached hydrogens (tertiary/aromatic N) is 1. The summed E-state index contributed by atoms with van der Waals surface area (Å²) in [7, 11) is 1.43. The van der Waals surface area contributed by atoms with Gasteiger partial charge in [-0.1, -0.05) is 35.3 Å². The SMILES string of the molecule is COc1c(Cl)cc(C(=O)NC(C)c2cccc([N+](=O)[O-])c2)cc1Cl. The number of nitro groups is 1. The Hall–Kier alpha value is -2.31. The minimum Gasteiger partial charge on any atom is -0.494 e. The highest BCUT2D eigenvalue weighted by Crippen LogP contribution is 2.34. The summed E-state index contributed by atoms with van der Waals surface area (Å²) in [4.78, 5) is 22.7. The Morgan fingerprint density at radius 1 is 1.25 bits per heavy atom. The summed E-state index contributed by atoms with van der Waals surface area (Å²) in [5.74, 6) is -0.109. The van der Waals surface area contributed by atoms with E-state index in [0.29, 0.717) is 11.3 Å². The maximum atomic E-state index is 12.3. The van der Waals surface area contributed by atoms with Crippen molar-refractivity contribution in [2.45, 2.75) is 13.0 Å². The Labute approximate surface area is 148 Å². The van der Waals surface area contributed by atoms with Crippen molar-refractivity contribution in [3.05, 3.63) is 67.7 Å². The largest absolute Gasteiger partial charge is 0.494 e. The molecule has 0 bridgehead atoms. The van der Waals surface area contributed by atoms with Crippen molar-refractivity contribution in [1.29, 1.82) is 0 Å². The summed E-state index contributed by atoms with van der Waals surface area (Å²) in [6.45, 7) is 1.73. The number of nitrogens with one attached hydrogen (secondary N) is 1. The summed E-state index contributed by atoms with van der Waals surface area (Å²) in [5.41, 5.74) is 0.843. The van der Waals surface area contributed by atoms with Crippen molar-refractivity contribution in [1.82, 2.24) is 5.32 Å². The van der Waals surface area contributed by atoms with Crippen LogP contribution in [0, 0.1) is 10.1 Å². The van der Waals surface area contributed by atoms with E-state index in [4.69, 9.17) is 27.9 Å². The van der Waals surface area contributed by atoms with Gasteiger partial charge in [0.25, 0.3) is 11.6 Å². The molecule has 1 N–H and O–H groups in total. The van der Waals surface area contributed by atoms with Gasteiger partial charge in [0.15, 0.2) is 5.75 Å². The van der Waals surface area contributed by atoms with Crippen LogP contribution in [0.25, 0.3) is 0 Å². The van der Waals surface area contributed by atoms with E-state index >= 15 is 0 Å². The first-order chi connectivity index (χ1) is 11.3. The van der Waals surface area contributed by atoms with E-state index in [1.165, 1.54) is 31.4 Å². The van der Waals surface area contributed by atoms with Crippen molar-refractivity contribution in [2.75, 3.05) is 7.11 Å². The minimum absolute atomic E-state index is 0.0378. The minimum atomic E-state index is -0.485. The molecule has 2 aromatic rings. The summed E-state index contributed by atoms with van der Waals surface area (Å²) in [6.07, 6.45) is 0. The zero-order valence-electron chi connectivity index (χ0n) is 12.9. The van der Waals surface area contributed by atoms with Crippen LogP contribution in [0.3, 0.4) is 0 Å². The number of non-ortho nitro benzene ring substituents is 1. The van der Waals surface area contributed by atoms with Gasteiger partial charge in [-0.25, -0.2) is 0 Å². The van der Waals surface area contributed by atoms with E-state index in [1.54, 1.807) is 19.1 Å². The molecule has 2 rings (SSSR count). The third kappa shape index (κ3) is 3.96. The van der Waals surface area contributed by atoms with Crippen LogP contribution in [-0.4, -0.2) is 17.9 Å². The number of carbonyl (C=O) groups excluding carboxylic acids is 1. The average molecular weight is 369 g/mol. The number of amides is 1. The molecular formula is C16H14Cl2N2O4. The first kappa shape index (κ1) is 18.0. The number of hydrogen-bond acceptors (Lipinski definition) is 4. The van der Waals surface area contributed by atoms with E-state index in [0.717, 1.165) is 0 Å². The molecule has 24 heavy (non-hydrogen) atoms. The molecule has 1 atom stereocenters. The molecule has 0 radical (unpaired) electrons. The molecule has 0 heterocycles. The number of methoxy groups -OCH3 is 1. The van der Waals surface area contributed by atoms with Crippen LogP contribution >= 0.6 is 23.2 Å².